The van der Waals surface area contributed by atoms with Crippen molar-refractivity contribution in [2.45, 2.75) is 32.9 Å². The molecular formula is C18H29IN6O2. The van der Waals surface area contributed by atoms with Crippen molar-refractivity contribution in [3.63, 3.8) is 0 Å². The van der Waals surface area contributed by atoms with E-state index in [0.717, 1.165) is 11.1 Å². The molecule has 0 fully saturated rings. The monoisotopic (exact) mass is 488 g/mol. The van der Waals surface area contributed by atoms with Crippen molar-refractivity contribution in [3.05, 3.63) is 41.9 Å². The van der Waals surface area contributed by atoms with E-state index < -0.39 is 5.60 Å². The second-order valence-corrected chi connectivity index (χ2v) is 6.13. The number of aliphatic hydroxyl groups is 1. The number of rotatable bonds is 8. The maximum absolute atomic E-state index is 10.7. The number of ether oxygens (including phenoxy) is 1. The van der Waals surface area contributed by atoms with Crippen LogP contribution in [0.5, 0.6) is 5.88 Å². The minimum atomic E-state index is -1.06. The third-order valence-electron chi connectivity index (χ3n) is 3.81. The lowest BCUT2D eigenvalue weighted by molar-refractivity contribution is 0.0616. The summed E-state index contributed by atoms with van der Waals surface area (Å²) in [4.78, 5) is 8.81. The number of pyridine rings is 1. The van der Waals surface area contributed by atoms with Gasteiger partial charge in [-0.05, 0) is 26.8 Å². The molecule has 0 aliphatic rings. The highest BCUT2D eigenvalue weighted by atomic mass is 127. The SMILES string of the molecule is CCNC(=NCc1cccnc1OCC)NCC(C)(O)c1cnn(C)c1.I. The van der Waals surface area contributed by atoms with Crippen LogP contribution in [-0.2, 0) is 19.2 Å². The third kappa shape index (κ3) is 6.98. The molecule has 2 rings (SSSR count). The molecule has 2 heterocycles. The molecule has 0 aliphatic heterocycles. The number of aromatic nitrogens is 3. The van der Waals surface area contributed by atoms with Crippen LogP contribution >= 0.6 is 24.0 Å². The van der Waals surface area contributed by atoms with Gasteiger partial charge in [-0.1, -0.05) is 6.07 Å². The zero-order valence-corrected chi connectivity index (χ0v) is 18.6. The van der Waals surface area contributed by atoms with Gasteiger partial charge in [-0.3, -0.25) is 4.68 Å². The summed E-state index contributed by atoms with van der Waals surface area (Å²) in [6, 6.07) is 3.80. The average molecular weight is 488 g/mol. The number of hydrogen-bond donors (Lipinski definition) is 3. The van der Waals surface area contributed by atoms with Gasteiger partial charge in [0.1, 0.15) is 5.60 Å². The predicted octanol–water partition coefficient (Wildman–Crippen LogP) is 1.79. The van der Waals surface area contributed by atoms with Gasteiger partial charge in [0.25, 0.3) is 0 Å². The Balaban J connectivity index is 0.00000364. The maximum Gasteiger partial charge on any atom is 0.218 e. The van der Waals surface area contributed by atoms with E-state index in [1.807, 2.05) is 33.0 Å². The van der Waals surface area contributed by atoms with Crippen molar-refractivity contribution in [3.8, 4) is 5.88 Å². The first kappa shape index (κ1) is 23.2. The maximum atomic E-state index is 10.7. The average Bonchev–Trinajstić information content (AvgIpc) is 3.06. The van der Waals surface area contributed by atoms with E-state index in [4.69, 9.17) is 4.74 Å². The number of aryl methyl sites for hydroxylation is 1. The van der Waals surface area contributed by atoms with Crippen LogP contribution in [0.2, 0.25) is 0 Å². The molecule has 0 spiro atoms. The molecule has 0 saturated carbocycles. The van der Waals surface area contributed by atoms with Crippen LogP contribution in [0.3, 0.4) is 0 Å². The normalized spacial score (nSPS) is 13.4. The molecule has 8 nitrogen and oxygen atoms in total. The molecule has 2 aromatic heterocycles. The van der Waals surface area contributed by atoms with Crippen molar-refractivity contribution in [1.82, 2.24) is 25.4 Å². The van der Waals surface area contributed by atoms with Crippen molar-refractivity contribution < 1.29 is 9.84 Å². The highest BCUT2D eigenvalue weighted by Gasteiger charge is 2.25. The number of aliphatic imine (C=N–C) groups is 1. The first-order valence-corrected chi connectivity index (χ1v) is 8.76. The molecule has 150 valence electrons. The molecule has 0 saturated heterocycles. The quantitative estimate of drug-likeness (QED) is 0.298. The summed E-state index contributed by atoms with van der Waals surface area (Å²) in [5.74, 6) is 1.21. The number of hydrogen-bond acceptors (Lipinski definition) is 5. The molecule has 0 bridgehead atoms. The lowest BCUT2D eigenvalue weighted by Gasteiger charge is -2.23. The van der Waals surface area contributed by atoms with Gasteiger partial charge in [0.05, 0.1) is 25.9 Å². The van der Waals surface area contributed by atoms with Gasteiger partial charge in [0.15, 0.2) is 5.96 Å². The molecule has 2 aromatic rings. The van der Waals surface area contributed by atoms with Crippen molar-refractivity contribution in [2.24, 2.45) is 12.0 Å². The van der Waals surface area contributed by atoms with Crippen molar-refractivity contribution >= 4 is 29.9 Å². The Hall–Kier alpha value is -1.88. The smallest absolute Gasteiger partial charge is 0.218 e. The summed E-state index contributed by atoms with van der Waals surface area (Å²) in [6.07, 6.45) is 5.16. The topological polar surface area (TPSA) is 96.6 Å². The van der Waals surface area contributed by atoms with E-state index in [-0.39, 0.29) is 24.0 Å². The van der Waals surface area contributed by atoms with Gasteiger partial charge in [-0.15, -0.1) is 24.0 Å². The zero-order chi connectivity index (χ0) is 19.0. The molecule has 27 heavy (non-hydrogen) atoms. The molecule has 0 aromatic carbocycles. The Labute approximate surface area is 177 Å². The molecule has 0 radical (unpaired) electrons. The summed E-state index contributed by atoms with van der Waals surface area (Å²) in [5.41, 5.74) is 0.592. The number of halogens is 1. The van der Waals surface area contributed by atoms with E-state index in [1.165, 1.54) is 0 Å². The Kier molecular flexibility index (Phi) is 9.50. The highest BCUT2D eigenvalue weighted by Crippen LogP contribution is 2.18. The van der Waals surface area contributed by atoms with Crippen molar-refractivity contribution in [1.29, 1.82) is 0 Å². The molecule has 1 atom stereocenters. The number of nitrogens with one attached hydrogen (secondary N) is 2. The second-order valence-electron chi connectivity index (χ2n) is 6.13. The lowest BCUT2D eigenvalue weighted by atomic mass is 10.00. The van der Waals surface area contributed by atoms with Gasteiger partial charge in [0.2, 0.25) is 5.88 Å². The summed E-state index contributed by atoms with van der Waals surface area (Å²) < 4.78 is 7.20. The minimum Gasteiger partial charge on any atom is -0.478 e. The molecule has 1 unspecified atom stereocenters. The van der Waals surface area contributed by atoms with Gasteiger partial charge >= 0.3 is 0 Å². The summed E-state index contributed by atoms with van der Waals surface area (Å²) in [5, 5.41) is 21.2. The standard InChI is InChI=1S/C18H28N6O2.HI/c1-5-19-17(21-10-14-8-7-9-20-16(14)26-6-2)22-13-18(3,25)15-11-23-24(4)12-15;/h7-9,11-12,25H,5-6,10,13H2,1-4H3,(H2,19,21,22);1H. The fraction of sp³-hybridized carbons (Fsp3) is 0.500. The fourth-order valence-electron chi connectivity index (χ4n) is 2.37. The van der Waals surface area contributed by atoms with E-state index >= 15 is 0 Å². The van der Waals surface area contributed by atoms with E-state index in [2.05, 4.69) is 25.7 Å². The Morgan fingerprint density at radius 3 is 2.78 bits per heavy atom. The Morgan fingerprint density at radius 1 is 1.37 bits per heavy atom. The van der Waals surface area contributed by atoms with Gasteiger partial charge in [-0.25, -0.2) is 9.98 Å². The van der Waals surface area contributed by atoms with Crippen molar-refractivity contribution in [2.75, 3.05) is 19.7 Å². The lowest BCUT2D eigenvalue weighted by Crippen LogP contribution is -2.44. The molecule has 0 aliphatic carbocycles. The minimum absolute atomic E-state index is 0. The molecular weight excluding hydrogens is 459 g/mol. The molecule has 3 N–H and O–H groups in total. The van der Waals surface area contributed by atoms with Crippen LogP contribution in [0.1, 0.15) is 31.9 Å². The van der Waals surface area contributed by atoms with Crippen LogP contribution in [0.15, 0.2) is 35.7 Å². The van der Waals surface area contributed by atoms with Gasteiger partial charge in [-0.2, -0.15) is 5.10 Å². The van der Waals surface area contributed by atoms with Gasteiger partial charge in [0, 0.05) is 37.1 Å². The number of guanidine groups is 1. The first-order valence-electron chi connectivity index (χ1n) is 8.76. The summed E-state index contributed by atoms with van der Waals surface area (Å²) in [7, 11) is 1.82. The molecule has 0 amide bonds. The predicted molar refractivity (Wildman–Crippen MR) is 116 cm³/mol. The number of nitrogens with zero attached hydrogens (tertiary/aromatic N) is 4. The summed E-state index contributed by atoms with van der Waals surface area (Å²) >= 11 is 0. The van der Waals surface area contributed by atoms with Gasteiger partial charge < -0.3 is 20.5 Å². The van der Waals surface area contributed by atoms with E-state index in [1.54, 1.807) is 30.2 Å². The zero-order valence-electron chi connectivity index (χ0n) is 16.3. The second kappa shape index (κ2) is 11.1. The Morgan fingerprint density at radius 2 is 2.15 bits per heavy atom. The van der Waals surface area contributed by atoms with Crippen LogP contribution in [-0.4, -0.2) is 45.5 Å². The largest absolute Gasteiger partial charge is 0.478 e. The fourth-order valence-corrected chi connectivity index (χ4v) is 2.37. The Bertz CT molecular complexity index is 732. The summed E-state index contributed by atoms with van der Waals surface area (Å²) in [6.45, 7) is 7.66. The van der Waals surface area contributed by atoms with Crippen LogP contribution in [0.4, 0.5) is 0 Å². The molecule has 9 heteroatoms. The third-order valence-corrected chi connectivity index (χ3v) is 3.81. The highest BCUT2D eigenvalue weighted by molar-refractivity contribution is 14.0. The van der Waals surface area contributed by atoms with Crippen LogP contribution in [0, 0.1) is 0 Å². The first-order chi connectivity index (χ1) is 12.5. The van der Waals surface area contributed by atoms with Crippen LogP contribution < -0.4 is 15.4 Å². The van der Waals surface area contributed by atoms with E-state index in [0.29, 0.717) is 38.1 Å². The van der Waals surface area contributed by atoms with E-state index in [9.17, 15) is 5.11 Å². The van der Waals surface area contributed by atoms with Crippen LogP contribution in [0.25, 0.3) is 0 Å².